The first-order valence-corrected chi connectivity index (χ1v) is 10.4. The van der Waals surface area contributed by atoms with E-state index in [2.05, 4.69) is 5.32 Å². The van der Waals surface area contributed by atoms with Crippen molar-refractivity contribution < 1.29 is 24.2 Å². The molecule has 0 radical (unpaired) electrons. The molecule has 4 rings (SSSR count). The lowest BCUT2D eigenvalue weighted by Gasteiger charge is -2.41. The number of carbonyl (C=O) groups excluding carboxylic acids is 1. The van der Waals surface area contributed by atoms with E-state index in [9.17, 15) is 19.1 Å². The average molecular weight is 405 g/mol. The zero-order valence-electron chi connectivity index (χ0n) is 16.4. The SMILES string of the molecule is O=C(O)Nc1ccc(N2CCC[C@@]3(CCN(C4CCC(O)CC4)C3=O)C2)c(F)c1. The van der Waals surface area contributed by atoms with Gasteiger partial charge in [0.25, 0.3) is 0 Å². The summed E-state index contributed by atoms with van der Waals surface area (Å²) in [5.74, 6) is -0.315. The zero-order chi connectivity index (χ0) is 20.6. The summed E-state index contributed by atoms with van der Waals surface area (Å²) in [7, 11) is 0. The van der Waals surface area contributed by atoms with Crippen molar-refractivity contribution in [3.05, 3.63) is 24.0 Å². The van der Waals surface area contributed by atoms with Gasteiger partial charge in [-0.1, -0.05) is 0 Å². The smallest absolute Gasteiger partial charge is 0.409 e. The minimum atomic E-state index is -1.24. The summed E-state index contributed by atoms with van der Waals surface area (Å²) in [5.41, 5.74) is 0.124. The summed E-state index contributed by atoms with van der Waals surface area (Å²) < 4.78 is 14.7. The Bertz CT molecular complexity index is 796. The van der Waals surface area contributed by atoms with Crippen molar-refractivity contribution in [1.29, 1.82) is 0 Å². The van der Waals surface area contributed by atoms with Gasteiger partial charge in [-0.25, -0.2) is 9.18 Å². The number of nitrogens with zero attached hydrogens (tertiary/aromatic N) is 2. The third-order valence-electron chi connectivity index (χ3n) is 6.77. The van der Waals surface area contributed by atoms with Crippen LogP contribution in [0.5, 0.6) is 0 Å². The Morgan fingerprint density at radius 1 is 1.17 bits per heavy atom. The van der Waals surface area contributed by atoms with Crippen LogP contribution >= 0.6 is 0 Å². The normalized spacial score (nSPS) is 30.1. The van der Waals surface area contributed by atoms with E-state index < -0.39 is 17.3 Å². The third kappa shape index (κ3) is 3.90. The molecule has 0 bridgehead atoms. The average Bonchev–Trinajstić information content (AvgIpc) is 2.98. The predicted molar refractivity (Wildman–Crippen MR) is 107 cm³/mol. The Morgan fingerprint density at radius 3 is 2.62 bits per heavy atom. The van der Waals surface area contributed by atoms with E-state index in [0.29, 0.717) is 18.8 Å². The van der Waals surface area contributed by atoms with Gasteiger partial charge in [0.05, 0.1) is 17.2 Å². The highest BCUT2D eigenvalue weighted by molar-refractivity contribution is 5.86. The topological polar surface area (TPSA) is 93.1 Å². The van der Waals surface area contributed by atoms with E-state index in [4.69, 9.17) is 5.11 Å². The highest BCUT2D eigenvalue weighted by Crippen LogP contribution is 2.43. The number of rotatable bonds is 3. The van der Waals surface area contributed by atoms with Crippen molar-refractivity contribution in [1.82, 2.24) is 4.90 Å². The monoisotopic (exact) mass is 405 g/mol. The van der Waals surface area contributed by atoms with Crippen molar-refractivity contribution in [3.63, 3.8) is 0 Å². The summed E-state index contributed by atoms with van der Waals surface area (Å²) in [5, 5.41) is 20.7. The Kier molecular flexibility index (Phi) is 5.38. The van der Waals surface area contributed by atoms with E-state index in [-0.39, 0.29) is 23.7 Å². The summed E-state index contributed by atoms with van der Waals surface area (Å²) in [6, 6.07) is 4.52. The van der Waals surface area contributed by atoms with E-state index in [0.717, 1.165) is 51.5 Å². The van der Waals surface area contributed by atoms with Crippen molar-refractivity contribution in [2.45, 2.75) is 57.1 Å². The quantitative estimate of drug-likeness (QED) is 0.719. The van der Waals surface area contributed by atoms with Gasteiger partial charge in [0, 0.05) is 31.4 Å². The number of hydrogen-bond acceptors (Lipinski definition) is 4. The van der Waals surface area contributed by atoms with Gasteiger partial charge in [-0.15, -0.1) is 0 Å². The Labute approximate surface area is 169 Å². The van der Waals surface area contributed by atoms with Gasteiger partial charge in [0.15, 0.2) is 0 Å². The first kappa shape index (κ1) is 19.9. The van der Waals surface area contributed by atoms with Gasteiger partial charge in [0.2, 0.25) is 5.91 Å². The minimum Gasteiger partial charge on any atom is -0.465 e. The number of aliphatic hydroxyl groups is 1. The number of piperidine rings is 1. The summed E-state index contributed by atoms with van der Waals surface area (Å²) in [4.78, 5) is 28.1. The lowest BCUT2D eigenvalue weighted by Crippen LogP contribution is -2.50. The van der Waals surface area contributed by atoms with E-state index in [1.807, 2.05) is 9.80 Å². The number of benzene rings is 1. The minimum absolute atomic E-state index is 0.174. The van der Waals surface area contributed by atoms with Gasteiger partial charge < -0.3 is 20.0 Å². The summed E-state index contributed by atoms with van der Waals surface area (Å²) in [6.07, 6.45) is 4.11. The number of anilines is 2. The maximum absolute atomic E-state index is 14.7. The first-order chi connectivity index (χ1) is 13.9. The highest BCUT2D eigenvalue weighted by Gasteiger charge is 2.50. The second-order valence-electron chi connectivity index (χ2n) is 8.61. The number of aliphatic hydroxyl groups excluding tert-OH is 1. The summed E-state index contributed by atoms with van der Waals surface area (Å²) >= 11 is 0. The van der Waals surface area contributed by atoms with Gasteiger partial charge in [0.1, 0.15) is 5.82 Å². The fourth-order valence-electron chi connectivity index (χ4n) is 5.25. The van der Waals surface area contributed by atoms with Crippen LogP contribution in [0.1, 0.15) is 44.9 Å². The molecule has 1 atom stereocenters. The van der Waals surface area contributed by atoms with Gasteiger partial charge in [-0.3, -0.25) is 10.1 Å². The standard InChI is InChI=1S/C21H28FN3O4/c22-17-12-14(23-20(28)29)2-7-18(17)24-10-1-8-21(13-24)9-11-25(19(21)27)15-3-5-16(26)6-4-15/h2,7,12,15-16,23,26H,1,3-6,8-11,13H2,(H,28,29)/t15?,16?,21-/m1/s1. The number of amides is 2. The molecule has 3 fully saturated rings. The number of carboxylic acid groups (broad SMARTS) is 1. The number of carbonyl (C=O) groups is 2. The van der Waals surface area contributed by atoms with Crippen LogP contribution in [0, 0.1) is 11.2 Å². The maximum atomic E-state index is 14.7. The molecule has 0 aromatic heterocycles. The van der Waals surface area contributed by atoms with Gasteiger partial charge >= 0.3 is 6.09 Å². The third-order valence-corrected chi connectivity index (χ3v) is 6.77. The van der Waals surface area contributed by atoms with Crippen LogP contribution in [0.25, 0.3) is 0 Å². The first-order valence-electron chi connectivity index (χ1n) is 10.4. The fraction of sp³-hybridized carbons (Fsp3) is 0.619. The van der Waals surface area contributed by atoms with E-state index in [1.54, 1.807) is 12.1 Å². The second kappa shape index (κ2) is 7.82. The Balaban J connectivity index is 1.48. The molecule has 2 heterocycles. The molecule has 7 nitrogen and oxygen atoms in total. The van der Waals surface area contributed by atoms with Gasteiger partial charge in [-0.05, 0) is 63.1 Å². The van der Waals surface area contributed by atoms with E-state index >= 15 is 0 Å². The molecular formula is C21H28FN3O4. The van der Waals surface area contributed by atoms with Crippen molar-refractivity contribution in [2.75, 3.05) is 29.9 Å². The lowest BCUT2D eigenvalue weighted by atomic mass is 9.78. The molecule has 2 aliphatic heterocycles. The van der Waals surface area contributed by atoms with Crippen LogP contribution in [0.3, 0.4) is 0 Å². The molecule has 1 aromatic rings. The predicted octanol–water partition coefficient (Wildman–Crippen LogP) is 3.04. The molecule has 2 saturated heterocycles. The number of nitrogens with one attached hydrogen (secondary N) is 1. The Hall–Kier alpha value is -2.35. The fourth-order valence-corrected chi connectivity index (χ4v) is 5.25. The maximum Gasteiger partial charge on any atom is 0.409 e. The highest BCUT2D eigenvalue weighted by atomic mass is 19.1. The summed E-state index contributed by atoms with van der Waals surface area (Å²) in [6.45, 7) is 1.89. The molecule has 29 heavy (non-hydrogen) atoms. The molecule has 0 unspecified atom stereocenters. The molecule has 3 aliphatic rings. The molecular weight excluding hydrogens is 377 g/mol. The van der Waals surface area contributed by atoms with Crippen LogP contribution in [0.4, 0.5) is 20.6 Å². The molecule has 1 spiro atoms. The number of halogens is 1. The Morgan fingerprint density at radius 2 is 1.93 bits per heavy atom. The van der Waals surface area contributed by atoms with Crippen molar-refractivity contribution >= 4 is 23.4 Å². The number of likely N-dealkylation sites (tertiary alicyclic amines) is 1. The lowest BCUT2D eigenvalue weighted by molar-refractivity contribution is -0.139. The van der Waals surface area contributed by atoms with Crippen LogP contribution in [-0.4, -0.2) is 58.9 Å². The molecule has 2 amide bonds. The van der Waals surface area contributed by atoms with Crippen LogP contribution < -0.4 is 10.2 Å². The molecule has 8 heteroatoms. The molecule has 1 saturated carbocycles. The van der Waals surface area contributed by atoms with Crippen LogP contribution in [0.2, 0.25) is 0 Å². The molecule has 3 N–H and O–H groups in total. The van der Waals surface area contributed by atoms with E-state index in [1.165, 1.54) is 6.07 Å². The zero-order valence-corrected chi connectivity index (χ0v) is 16.4. The van der Waals surface area contributed by atoms with Crippen LogP contribution in [-0.2, 0) is 4.79 Å². The largest absolute Gasteiger partial charge is 0.465 e. The van der Waals surface area contributed by atoms with Crippen molar-refractivity contribution in [2.24, 2.45) is 5.41 Å². The molecule has 158 valence electrons. The number of hydrogen-bond donors (Lipinski definition) is 3. The second-order valence-corrected chi connectivity index (χ2v) is 8.61. The van der Waals surface area contributed by atoms with Crippen molar-refractivity contribution in [3.8, 4) is 0 Å². The van der Waals surface area contributed by atoms with Gasteiger partial charge in [-0.2, -0.15) is 0 Å². The molecule has 1 aliphatic carbocycles. The molecule has 1 aromatic carbocycles. The van der Waals surface area contributed by atoms with Crippen LogP contribution in [0.15, 0.2) is 18.2 Å².